The summed E-state index contributed by atoms with van der Waals surface area (Å²) in [6, 6.07) is 9.59. The maximum Gasteiger partial charge on any atom is 0.295 e. The second-order valence-electron chi connectivity index (χ2n) is 6.08. The lowest BCUT2D eigenvalue weighted by atomic mass is 10.1. The van der Waals surface area contributed by atoms with Gasteiger partial charge in [0, 0.05) is 12.6 Å². The molecule has 0 spiro atoms. The summed E-state index contributed by atoms with van der Waals surface area (Å²) in [5.41, 5.74) is 2.39. The van der Waals surface area contributed by atoms with E-state index in [-0.39, 0.29) is 19.2 Å². The minimum Gasteiger partial charge on any atom is -0.395 e. The molecular formula is C18H21N3O3. The summed E-state index contributed by atoms with van der Waals surface area (Å²) < 4.78 is 1.68. The van der Waals surface area contributed by atoms with Crippen molar-refractivity contribution in [3.05, 3.63) is 47.3 Å². The first kappa shape index (κ1) is 16.4. The van der Waals surface area contributed by atoms with E-state index >= 15 is 0 Å². The highest BCUT2D eigenvalue weighted by Crippen LogP contribution is 2.28. The number of rotatable bonds is 6. The van der Waals surface area contributed by atoms with Crippen molar-refractivity contribution in [3.63, 3.8) is 0 Å². The number of para-hydroxylation sites is 1. The van der Waals surface area contributed by atoms with Crippen molar-refractivity contribution >= 4 is 11.7 Å². The van der Waals surface area contributed by atoms with Gasteiger partial charge in [0.2, 0.25) is 0 Å². The Hall–Kier alpha value is -2.47. The summed E-state index contributed by atoms with van der Waals surface area (Å²) in [6.45, 7) is 3.58. The average molecular weight is 327 g/mol. The van der Waals surface area contributed by atoms with E-state index in [1.54, 1.807) is 18.5 Å². The molecule has 1 fully saturated rings. The van der Waals surface area contributed by atoms with E-state index in [1.165, 1.54) is 4.90 Å². The molecule has 0 unspecified atom stereocenters. The molecule has 6 nitrogen and oxygen atoms in total. The SMILES string of the molecule is Cc1nn(-c2ccccc2)c(C)c1C(=O)C(=O)N(CCO)C1CC1. The highest BCUT2D eigenvalue weighted by atomic mass is 16.3. The van der Waals surface area contributed by atoms with Crippen molar-refractivity contribution in [2.24, 2.45) is 0 Å². The largest absolute Gasteiger partial charge is 0.395 e. The molecule has 1 aromatic heterocycles. The number of aliphatic hydroxyl groups is 1. The van der Waals surface area contributed by atoms with Gasteiger partial charge >= 0.3 is 0 Å². The van der Waals surface area contributed by atoms with Crippen LogP contribution in [0.1, 0.15) is 34.6 Å². The van der Waals surface area contributed by atoms with E-state index in [1.807, 2.05) is 30.3 Å². The standard InChI is InChI=1S/C18H21N3O3/c1-12-16(13(2)21(19-12)15-6-4-3-5-7-15)17(23)18(24)20(10-11-22)14-8-9-14/h3-7,14,22H,8-11H2,1-2H3. The molecule has 126 valence electrons. The van der Waals surface area contributed by atoms with Crippen molar-refractivity contribution in [1.29, 1.82) is 0 Å². The Labute approximate surface area is 140 Å². The van der Waals surface area contributed by atoms with Gasteiger partial charge in [-0.15, -0.1) is 0 Å². The molecule has 6 heteroatoms. The van der Waals surface area contributed by atoms with Gasteiger partial charge in [-0.1, -0.05) is 18.2 Å². The maximum atomic E-state index is 12.8. The zero-order valence-corrected chi connectivity index (χ0v) is 13.9. The number of aliphatic hydroxyl groups excluding tert-OH is 1. The minimum absolute atomic E-state index is 0.0818. The van der Waals surface area contributed by atoms with Crippen molar-refractivity contribution in [1.82, 2.24) is 14.7 Å². The summed E-state index contributed by atoms with van der Waals surface area (Å²) in [5, 5.41) is 13.6. The van der Waals surface area contributed by atoms with Crippen LogP contribution in [0.2, 0.25) is 0 Å². The second-order valence-corrected chi connectivity index (χ2v) is 6.08. The van der Waals surface area contributed by atoms with Gasteiger partial charge in [0.1, 0.15) is 0 Å². The summed E-state index contributed by atoms with van der Waals surface area (Å²) in [4.78, 5) is 26.8. The van der Waals surface area contributed by atoms with Crippen LogP contribution in [0.3, 0.4) is 0 Å². The van der Waals surface area contributed by atoms with Gasteiger partial charge in [0.15, 0.2) is 0 Å². The van der Waals surface area contributed by atoms with E-state index < -0.39 is 11.7 Å². The predicted molar refractivity (Wildman–Crippen MR) is 89.2 cm³/mol. The van der Waals surface area contributed by atoms with Crippen molar-refractivity contribution < 1.29 is 14.7 Å². The molecule has 1 saturated carbocycles. The average Bonchev–Trinajstić information content (AvgIpc) is 3.38. The van der Waals surface area contributed by atoms with Crippen LogP contribution in [0.15, 0.2) is 30.3 Å². The molecule has 0 aliphatic heterocycles. The number of hydrogen-bond acceptors (Lipinski definition) is 4. The fraction of sp³-hybridized carbons (Fsp3) is 0.389. The Morgan fingerprint density at radius 2 is 1.92 bits per heavy atom. The number of benzene rings is 1. The first-order chi connectivity index (χ1) is 11.5. The molecule has 1 aliphatic carbocycles. The van der Waals surface area contributed by atoms with E-state index in [0.717, 1.165) is 18.5 Å². The van der Waals surface area contributed by atoms with Crippen LogP contribution >= 0.6 is 0 Å². The van der Waals surface area contributed by atoms with Crippen LogP contribution in [0, 0.1) is 13.8 Å². The second kappa shape index (κ2) is 6.57. The number of hydrogen-bond donors (Lipinski definition) is 1. The van der Waals surface area contributed by atoms with Crippen molar-refractivity contribution in [2.45, 2.75) is 32.7 Å². The van der Waals surface area contributed by atoms with Crippen LogP contribution < -0.4 is 0 Å². The van der Waals surface area contributed by atoms with E-state index in [2.05, 4.69) is 5.10 Å². The zero-order chi connectivity index (χ0) is 17.3. The molecule has 1 heterocycles. The van der Waals surface area contributed by atoms with E-state index in [4.69, 9.17) is 5.11 Å². The van der Waals surface area contributed by atoms with Crippen LogP contribution in [0.5, 0.6) is 0 Å². The number of carbonyl (C=O) groups is 2. The van der Waals surface area contributed by atoms with Gasteiger partial charge < -0.3 is 10.0 Å². The van der Waals surface area contributed by atoms with Crippen LogP contribution in [-0.4, -0.2) is 50.7 Å². The van der Waals surface area contributed by atoms with Crippen LogP contribution in [-0.2, 0) is 4.79 Å². The molecule has 0 radical (unpaired) electrons. The van der Waals surface area contributed by atoms with Gasteiger partial charge in [0.05, 0.1) is 29.2 Å². The number of carbonyl (C=O) groups excluding carboxylic acids is 2. The van der Waals surface area contributed by atoms with E-state index in [9.17, 15) is 9.59 Å². The Morgan fingerprint density at radius 3 is 2.50 bits per heavy atom. The monoisotopic (exact) mass is 327 g/mol. The fourth-order valence-corrected chi connectivity index (χ4v) is 2.97. The maximum absolute atomic E-state index is 12.8. The molecule has 0 atom stereocenters. The molecule has 1 aromatic carbocycles. The lowest BCUT2D eigenvalue weighted by Gasteiger charge is -2.20. The number of aromatic nitrogens is 2. The summed E-state index contributed by atoms with van der Waals surface area (Å²) in [7, 11) is 0. The van der Waals surface area contributed by atoms with Gasteiger partial charge in [-0.2, -0.15) is 5.10 Å². The van der Waals surface area contributed by atoms with Gasteiger partial charge in [-0.05, 0) is 38.8 Å². The summed E-state index contributed by atoms with van der Waals surface area (Å²) >= 11 is 0. The highest BCUT2D eigenvalue weighted by molar-refractivity contribution is 6.43. The molecule has 24 heavy (non-hydrogen) atoms. The molecule has 0 bridgehead atoms. The number of Topliss-reactive ketones (excluding diaryl/α,β-unsaturated/α-hetero) is 1. The van der Waals surface area contributed by atoms with Gasteiger partial charge in [-0.25, -0.2) is 4.68 Å². The Bertz CT molecular complexity index is 763. The van der Waals surface area contributed by atoms with Crippen LogP contribution in [0.4, 0.5) is 0 Å². The summed E-state index contributed by atoms with van der Waals surface area (Å²) in [5.74, 6) is -1.10. The van der Waals surface area contributed by atoms with E-state index in [0.29, 0.717) is 17.0 Å². The number of aryl methyl sites for hydroxylation is 1. The Balaban J connectivity index is 1.93. The number of amides is 1. The lowest BCUT2D eigenvalue weighted by molar-refractivity contribution is -0.127. The Kier molecular flexibility index (Phi) is 4.49. The molecule has 3 rings (SSSR count). The molecular weight excluding hydrogens is 306 g/mol. The fourth-order valence-electron chi connectivity index (χ4n) is 2.97. The molecule has 0 saturated heterocycles. The number of ketones is 1. The minimum atomic E-state index is -0.551. The van der Waals surface area contributed by atoms with Gasteiger partial charge in [0.25, 0.3) is 11.7 Å². The predicted octanol–water partition coefficient (Wildman–Crippen LogP) is 1.66. The first-order valence-electron chi connectivity index (χ1n) is 8.12. The Morgan fingerprint density at radius 1 is 1.25 bits per heavy atom. The molecule has 1 N–H and O–H groups in total. The summed E-state index contributed by atoms with van der Waals surface area (Å²) in [6.07, 6.45) is 1.78. The van der Waals surface area contributed by atoms with Crippen LogP contribution in [0.25, 0.3) is 5.69 Å². The molecule has 1 amide bonds. The normalized spacial score (nSPS) is 13.8. The third kappa shape index (κ3) is 2.97. The van der Waals surface area contributed by atoms with Crippen molar-refractivity contribution in [2.75, 3.05) is 13.2 Å². The van der Waals surface area contributed by atoms with Crippen molar-refractivity contribution in [3.8, 4) is 5.69 Å². The quantitative estimate of drug-likeness (QED) is 0.647. The molecule has 2 aromatic rings. The third-order valence-corrected chi connectivity index (χ3v) is 4.30. The number of nitrogens with zero attached hydrogens (tertiary/aromatic N) is 3. The van der Waals surface area contributed by atoms with Gasteiger partial charge in [-0.3, -0.25) is 9.59 Å². The zero-order valence-electron chi connectivity index (χ0n) is 13.9. The lowest BCUT2D eigenvalue weighted by Crippen LogP contribution is -2.40. The first-order valence-corrected chi connectivity index (χ1v) is 8.12. The smallest absolute Gasteiger partial charge is 0.295 e. The highest BCUT2D eigenvalue weighted by Gasteiger charge is 2.37. The topological polar surface area (TPSA) is 75.4 Å². The third-order valence-electron chi connectivity index (χ3n) is 4.30. The molecule has 1 aliphatic rings.